The van der Waals surface area contributed by atoms with Gasteiger partial charge in [-0.05, 0) is 49.9 Å². The van der Waals surface area contributed by atoms with Crippen molar-refractivity contribution >= 4 is 0 Å². The molecule has 128 valence electrons. The molecule has 0 amide bonds. The second kappa shape index (κ2) is 13.6. The molecule has 0 aliphatic heterocycles. The lowest BCUT2D eigenvalue weighted by atomic mass is 9.91. The second-order valence-corrected chi connectivity index (χ2v) is 7.84. The van der Waals surface area contributed by atoms with E-state index in [9.17, 15) is 0 Å². The van der Waals surface area contributed by atoms with Crippen molar-refractivity contribution in [3.05, 3.63) is 0 Å². The number of unbranched alkanes of at least 4 members (excludes halogenated alkanes) is 3. The van der Waals surface area contributed by atoms with Crippen LogP contribution in [0.2, 0.25) is 0 Å². The summed E-state index contributed by atoms with van der Waals surface area (Å²) in [6.45, 7) is 15.1. The Balaban J connectivity index is 3.03. The maximum absolute atomic E-state index is 5.68. The van der Waals surface area contributed by atoms with Crippen LogP contribution in [0.25, 0.3) is 0 Å². The molecule has 0 unspecified atom stereocenters. The Morgan fingerprint density at radius 3 is 1.62 bits per heavy atom. The first-order valence-electron chi connectivity index (χ1n) is 9.07. The van der Waals surface area contributed by atoms with Crippen LogP contribution in [-0.2, 0) is 9.47 Å². The molecule has 0 N–H and O–H groups in total. The first kappa shape index (κ1) is 20.9. The van der Waals surface area contributed by atoms with E-state index in [1.807, 2.05) is 0 Å². The van der Waals surface area contributed by atoms with Gasteiger partial charge in [0.2, 0.25) is 0 Å². The molecule has 0 heterocycles. The van der Waals surface area contributed by atoms with E-state index in [4.69, 9.17) is 9.47 Å². The van der Waals surface area contributed by atoms with Gasteiger partial charge in [-0.2, -0.15) is 0 Å². The zero-order chi connectivity index (χ0) is 16.0. The van der Waals surface area contributed by atoms with Gasteiger partial charge in [0.1, 0.15) is 0 Å². The van der Waals surface area contributed by atoms with Gasteiger partial charge in [0.25, 0.3) is 0 Å². The number of ether oxygens (including phenoxy) is 2. The molecule has 0 bridgehead atoms. The molecule has 0 fully saturated rings. The van der Waals surface area contributed by atoms with E-state index in [-0.39, 0.29) is 0 Å². The van der Waals surface area contributed by atoms with E-state index >= 15 is 0 Å². The fourth-order valence-electron chi connectivity index (χ4n) is 2.26. The van der Waals surface area contributed by atoms with E-state index in [1.54, 1.807) is 0 Å². The predicted octanol–water partition coefficient (Wildman–Crippen LogP) is 5.84. The SMILES string of the molecule is CC(C)CCCOCCCCCCOCCCC(C)(C)C. The highest BCUT2D eigenvalue weighted by molar-refractivity contribution is 4.60. The maximum Gasteiger partial charge on any atom is 0.0466 e. The van der Waals surface area contributed by atoms with Crippen molar-refractivity contribution < 1.29 is 9.47 Å². The highest BCUT2D eigenvalue weighted by Gasteiger charge is 2.08. The standard InChI is InChI=1S/C19H40O2/c1-18(2)12-10-16-20-14-8-6-7-9-15-21-17-11-13-19(3,4)5/h18H,6-17H2,1-5H3. The van der Waals surface area contributed by atoms with Crippen LogP contribution in [0.4, 0.5) is 0 Å². The molecule has 0 saturated heterocycles. The molecular formula is C19H40O2. The third kappa shape index (κ3) is 19.9. The quantitative estimate of drug-likeness (QED) is 0.375. The van der Waals surface area contributed by atoms with Crippen molar-refractivity contribution in [2.45, 2.75) is 86.0 Å². The monoisotopic (exact) mass is 300 g/mol. The van der Waals surface area contributed by atoms with Crippen LogP contribution in [0.1, 0.15) is 86.0 Å². The topological polar surface area (TPSA) is 18.5 Å². The summed E-state index contributed by atoms with van der Waals surface area (Å²) < 4.78 is 11.3. The lowest BCUT2D eigenvalue weighted by molar-refractivity contribution is 0.113. The van der Waals surface area contributed by atoms with Gasteiger partial charge in [-0.1, -0.05) is 47.5 Å². The van der Waals surface area contributed by atoms with E-state index in [0.717, 1.165) is 32.3 Å². The van der Waals surface area contributed by atoms with Crippen molar-refractivity contribution in [2.75, 3.05) is 26.4 Å². The molecule has 0 atom stereocenters. The third-order valence-electron chi connectivity index (χ3n) is 3.61. The molecule has 0 aromatic rings. The molecule has 0 aromatic heterocycles. The molecule has 21 heavy (non-hydrogen) atoms. The highest BCUT2D eigenvalue weighted by Crippen LogP contribution is 2.20. The summed E-state index contributed by atoms with van der Waals surface area (Å²) in [5, 5.41) is 0. The minimum absolute atomic E-state index is 0.443. The van der Waals surface area contributed by atoms with Crippen LogP contribution in [0.5, 0.6) is 0 Å². The molecule has 0 saturated carbocycles. The zero-order valence-corrected chi connectivity index (χ0v) is 15.4. The molecule has 0 spiro atoms. The summed E-state index contributed by atoms with van der Waals surface area (Å²) in [4.78, 5) is 0. The van der Waals surface area contributed by atoms with Crippen LogP contribution in [0.3, 0.4) is 0 Å². The van der Waals surface area contributed by atoms with E-state index in [0.29, 0.717) is 5.41 Å². The lowest BCUT2D eigenvalue weighted by Crippen LogP contribution is -2.07. The Hall–Kier alpha value is -0.0800. The van der Waals surface area contributed by atoms with Crippen LogP contribution >= 0.6 is 0 Å². The molecule has 0 aliphatic rings. The molecule has 0 rings (SSSR count). The van der Waals surface area contributed by atoms with Gasteiger partial charge in [-0.15, -0.1) is 0 Å². The summed E-state index contributed by atoms with van der Waals surface area (Å²) in [7, 11) is 0. The van der Waals surface area contributed by atoms with Gasteiger partial charge in [0.05, 0.1) is 0 Å². The molecular weight excluding hydrogens is 260 g/mol. The predicted molar refractivity (Wildman–Crippen MR) is 92.9 cm³/mol. The normalized spacial score (nSPS) is 12.3. The Bertz CT molecular complexity index is 206. The number of hydrogen-bond acceptors (Lipinski definition) is 2. The molecule has 0 radical (unpaired) electrons. The number of rotatable bonds is 14. The largest absolute Gasteiger partial charge is 0.381 e. The fraction of sp³-hybridized carbons (Fsp3) is 1.00. The van der Waals surface area contributed by atoms with E-state index < -0.39 is 0 Å². The van der Waals surface area contributed by atoms with Gasteiger partial charge in [-0.25, -0.2) is 0 Å². The summed E-state index contributed by atoms with van der Waals surface area (Å²) in [5.74, 6) is 0.803. The van der Waals surface area contributed by atoms with Crippen molar-refractivity contribution in [3.63, 3.8) is 0 Å². The van der Waals surface area contributed by atoms with Crippen molar-refractivity contribution in [2.24, 2.45) is 11.3 Å². The van der Waals surface area contributed by atoms with Crippen LogP contribution < -0.4 is 0 Å². The van der Waals surface area contributed by atoms with Crippen LogP contribution in [-0.4, -0.2) is 26.4 Å². The summed E-state index contributed by atoms with van der Waals surface area (Å²) in [5.41, 5.74) is 0.443. The van der Waals surface area contributed by atoms with Gasteiger partial charge >= 0.3 is 0 Å². The summed E-state index contributed by atoms with van der Waals surface area (Å²) >= 11 is 0. The number of hydrogen-bond donors (Lipinski definition) is 0. The van der Waals surface area contributed by atoms with E-state index in [1.165, 1.54) is 51.4 Å². The van der Waals surface area contributed by atoms with Crippen LogP contribution in [0, 0.1) is 11.3 Å². The van der Waals surface area contributed by atoms with Crippen molar-refractivity contribution in [1.82, 2.24) is 0 Å². The second-order valence-electron chi connectivity index (χ2n) is 7.84. The maximum atomic E-state index is 5.68. The zero-order valence-electron chi connectivity index (χ0n) is 15.4. The Morgan fingerprint density at radius 1 is 0.667 bits per heavy atom. The summed E-state index contributed by atoms with van der Waals surface area (Å²) in [6.07, 6.45) is 9.88. The fourth-order valence-corrected chi connectivity index (χ4v) is 2.26. The van der Waals surface area contributed by atoms with E-state index in [2.05, 4.69) is 34.6 Å². The molecule has 2 heteroatoms. The minimum Gasteiger partial charge on any atom is -0.381 e. The first-order valence-corrected chi connectivity index (χ1v) is 9.07. The van der Waals surface area contributed by atoms with Gasteiger partial charge in [-0.3, -0.25) is 0 Å². The van der Waals surface area contributed by atoms with Crippen LogP contribution in [0.15, 0.2) is 0 Å². The molecule has 2 nitrogen and oxygen atoms in total. The Morgan fingerprint density at radius 2 is 1.14 bits per heavy atom. The molecule has 0 aromatic carbocycles. The summed E-state index contributed by atoms with van der Waals surface area (Å²) in [6, 6.07) is 0. The third-order valence-corrected chi connectivity index (χ3v) is 3.61. The van der Waals surface area contributed by atoms with Gasteiger partial charge in [0.15, 0.2) is 0 Å². The highest BCUT2D eigenvalue weighted by atomic mass is 16.5. The smallest absolute Gasteiger partial charge is 0.0466 e. The Kier molecular flexibility index (Phi) is 13.5. The average Bonchev–Trinajstić information content (AvgIpc) is 2.37. The van der Waals surface area contributed by atoms with Gasteiger partial charge in [0, 0.05) is 26.4 Å². The first-order chi connectivity index (χ1) is 9.92. The van der Waals surface area contributed by atoms with Crippen molar-refractivity contribution in [1.29, 1.82) is 0 Å². The average molecular weight is 301 g/mol. The molecule has 0 aliphatic carbocycles. The Labute approximate surface area is 134 Å². The van der Waals surface area contributed by atoms with Crippen molar-refractivity contribution in [3.8, 4) is 0 Å². The minimum atomic E-state index is 0.443. The van der Waals surface area contributed by atoms with Gasteiger partial charge < -0.3 is 9.47 Å². The lowest BCUT2D eigenvalue weighted by Gasteiger charge is -2.17.